The quantitative estimate of drug-likeness (QED) is 0.522. The van der Waals surface area contributed by atoms with E-state index in [1.807, 2.05) is 24.3 Å². The number of H-pyrrole nitrogens is 1. The molecule has 0 atom stereocenters. The minimum atomic E-state index is -3.77. The molecule has 0 spiro atoms. The van der Waals surface area contributed by atoms with E-state index in [4.69, 9.17) is 17.0 Å². The van der Waals surface area contributed by atoms with E-state index in [1.54, 1.807) is 18.3 Å². The average Bonchev–Trinajstić information content (AvgIpc) is 3.24. The lowest BCUT2D eigenvalue weighted by Crippen LogP contribution is -2.40. The molecule has 7 nitrogen and oxygen atoms in total. The molecule has 1 fully saturated rings. The van der Waals surface area contributed by atoms with Crippen LogP contribution >= 0.6 is 11.6 Å². The molecule has 0 amide bonds. The SMILES string of the molecule is N=Cc1ccc(-c2c[nH]c(-c3ccc(Cl)c(S(=O)(=O)N4CCC(O)CC4)c3)n2)cc1. The number of imidazole rings is 1. The Morgan fingerprint density at radius 3 is 2.47 bits per heavy atom. The van der Waals surface area contributed by atoms with Gasteiger partial charge in [0, 0.05) is 36.6 Å². The number of hydrogen-bond donors (Lipinski definition) is 3. The number of nitrogens with zero attached hydrogens (tertiary/aromatic N) is 2. The van der Waals surface area contributed by atoms with Gasteiger partial charge < -0.3 is 15.5 Å². The Morgan fingerprint density at radius 1 is 1.13 bits per heavy atom. The second-order valence-corrected chi connectivity index (χ2v) is 9.49. The number of rotatable bonds is 5. The van der Waals surface area contributed by atoms with Gasteiger partial charge in [-0.15, -0.1) is 0 Å². The monoisotopic (exact) mass is 444 g/mol. The molecular weight excluding hydrogens is 424 g/mol. The molecule has 0 aliphatic carbocycles. The van der Waals surface area contributed by atoms with Crippen LogP contribution in [-0.2, 0) is 10.0 Å². The van der Waals surface area contributed by atoms with E-state index < -0.39 is 16.1 Å². The summed E-state index contributed by atoms with van der Waals surface area (Å²) in [5, 5.41) is 17.1. The van der Waals surface area contributed by atoms with E-state index in [1.165, 1.54) is 16.6 Å². The van der Waals surface area contributed by atoms with Crippen molar-refractivity contribution >= 4 is 27.8 Å². The van der Waals surface area contributed by atoms with E-state index >= 15 is 0 Å². The van der Waals surface area contributed by atoms with Gasteiger partial charge in [-0.1, -0.05) is 35.9 Å². The van der Waals surface area contributed by atoms with Crippen LogP contribution in [0.5, 0.6) is 0 Å². The summed E-state index contributed by atoms with van der Waals surface area (Å²) in [4.78, 5) is 7.71. The molecule has 1 saturated heterocycles. The number of aromatic amines is 1. The van der Waals surface area contributed by atoms with Crippen LogP contribution in [0, 0.1) is 5.41 Å². The number of nitrogens with one attached hydrogen (secondary N) is 2. The van der Waals surface area contributed by atoms with Crippen molar-refractivity contribution in [3.8, 4) is 22.6 Å². The molecule has 9 heteroatoms. The van der Waals surface area contributed by atoms with E-state index in [2.05, 4.69) is 9.97 Å². The van der Waals surface area contributed by atoms with Crippen LogP contribution in [-0.4, -0.2) is 53.2 Å². The number of aliphatic hydroxyl groups is 1. The topological polar surface area (TPSA) is 110 Å². The molecule has 156 valence electrons. The highest BCUT2D eigenvalue weighted by atomic mass is 35.5. The Morgan fingerprint density at radius 2 is 1.80 bits per heavy atom. The summed E-state index contributed by atoms with van der Waals surface area (Å²) in [6, 6.07) is 12.2. The number of aromatic nitrogens is 2. The molecular formula is C21H21ClN4O3S. The largest absolute Gasteiger partial charge is 0.393 e. The minimum absolute atomic E-state index is 0.0337. The normalized spacial score (nSPS) is 15.9. The van der Waals surface area contributed by atoms with Crippen molar-refractivity contribution in [2.75, 3.05) is 13.1 Å². The minimum Gasteiger partial charge on any atom is -0.393 e. The van der Waals surface area contributed by atoms with Crippen LogP contribution < -0.4 is 0 Å². The molecule has 0 unspecified atom stereocenters. The van der Waals surface area contributed by atoms with Crippen molar-refractivity contribution in [3.63, 3.8) is 0 Å². The fourth-order valence-corrected chi connectivity index (χ4v) is 5.41. The van der Waals surface area contributed by atoms with E-state index in [0.717, 1.165) is 11.1 Å². The van der Waals surface area contributed by atoms with Crippen molar-refractivity contribution in [2.24, 2.45) is 0 Å². The molecule has 0 saturated carbocycles. The van der Waals surface area contributed by atoms with Gasteiger partial charge in [0.25, 0.3) is 0 Å². The first kappa shape index (κ1) is 20.7. The fraction of sp³-hybridized carbons (Fsp3) is 0.238. The van der Waals surface area contributed by atoms with Gasteiger partial charge >= 0.3 is 0 Å². The summed E-state index contributed by atoms with van der Waals surface area (Å²) in [6.45, 7) is 0.529. The molecule has 3 N–H and O–H groups in total. The van der Waals surface area contributed by atoms with Crippen LogP contribution in [0.4, 0.5) is 0 Å². The van der Waals surface area contributed by atoms with Crippen LogP contribution in [0.2, 0.25) is 5.02 Å². The highest BCUT2D eigenvalue weighted by molar-refractivity contribution is 7.89. The predicted molar refractivity (Wildman–Crippen MR) is 116 cm³/mol. The number of aliphatic hydroxyl groups excluding tert-OH is 1. The third-order valence-corrected chi connectivity index (χ3v) is 7.58. The van der Waals surface area contributed by atoms with Crippen LogP contribution in [0.1, 0.15) is 18.4 Å². The summed E-state index contributed by atoms with van der Waals surface area (Å²) >= 11 is 6.24. The zero-order valence-electron chi connectivity index (χ0n) is 16.0. The highest BCUT2D eigenvalue weighted by Gasteiger charge is 2.30. The summed E-state index contributed by atoms with van der Waals surface area (Å²) < 4.78 is 27.6. The Balaban J connectivity index is 1.65. The summed E-state index contributed by atoms with van der Waals surface area (Å²) in [7, 11) is -3.77. The molecule has 2 aromatic carbocycles. The maximum Gasteiger partial charge on any atom is 0.244 e. The molecule has 2 heterocycles. The smallest absolute Gasteiger partial charge is 0.244 e. The van der Waals surface area contributed by atoms with Gasteiger partial charge in [0.15, 0.2) is 0 Å². The van der Waals surface area contributed by atoms with E-state index in [9.17, 15) is 13.5 Å². The Hall–Kier alpha value is -2.52. The maximum atomic E-state index is 13.1. The number of piperidine rings is 1. The van der Waals surface area contributed by atoms with Crippen molar-refractivity contribution in [3.05, 3.63) is 59.2 Å². The Labute approximate surface area is 179 Å². The third kappa shape index (κ3) is 4.04. The average molecular weight is 445 g/mol. The molecule has 1 aliphatic rings. The maximum absolute atomic E-state index is 13.1. The highest BCUT2D eigenvalue weighted by Crippen LogP contribution is 2.31. The van der Waals surface area contributed by atoms with Gasteiger partial charge in [0.1, 0.15) is 10.7 Å². The van der Waals surface area contributed by atoms with Gasteiger partial charge in [0.2, 0.25) is 10.0 Å². The molecule has 0 radical (unpaired) electrons. The standard InChI is InChI=1S/C21H21ClN4O3S/c22-18-6-5-16(11-20(18)30(28,29)26-9-7-17(27)8-10-26)21-24-13-19(25-21)15-3-1-14(12-23)2-4-15/h1-6,11-13,17,23,27H,7-10H2,(H,24,25). The number of hydrogen-bond acceptors (Lipinski definition) is 5. The van der Waals surface area contributed by atoms with Gasteiger partial charge in [-0.05, 0) is 36.6 Å². The molecule has 3 aromatic rings. The molecule has 0 bridgehead atoms. The van der Waals surface area contributed by atoms with Crippen LogP contribution in [0.15, 0.2) is 53.6 Å². The second kappa shape index (κ2) is 8.31. The lowest BCUT2D eigenvalue weighted by Gasteiger charge is -2.29. The van der Waals surface area contributed by atoms with Crippen molar-refractivity contribution < 1.29 is 13.5 Å². The fourth-order valence-electron chi connectivity index (χ4n) is 3.44. The number of halogens is 1. The summed E-state index contributed by atoms with van der Waals surface area (Å²) in [5.41, 5.74) is 3.01. The molecule has 1 aromatic heterocycles. The molecule has 30 heavy (non-hydrogen) atoms. The first-order chi connectivity index (χ1) is 14.4. The number of benzene rings is 2. The number of sulfonamides is 1. The Kier molecular flexibility index (Phi) is 5.75. The van der Waals surface area contributed by atoms with Crippen molar-refractivity contribution in [1.82, 2.24) is 14.3 Å². The summed E-state index contributed by atoms with van der Waals surface area (Å²) in [5.74, 6) is 0.531. The van der Waals surface area contributed by atoms with Gasteiger partial charge in [-0.25, -0.2) is 13.4 Å². The first-order valence-electron chi connectivity index (χ1n) is 9.53. The van der Waals surface area contributed by atoms with E-state index in [0.29, 0.717) is 29.9 Å². The van der Waals surface area contributed by atoms with Crippen molar-refractivity contribution in [2.45, 2.75) is 23.8 Å². The van der Waals surface area contributed by atoms with Gasteiger partial charge in [-0.2, -0.15) is 4.31 Å². The molecule has 4 rings (SSSR count). The second-order valence-electron chi connectivity index (χ2n) is 7.18. The van der Waals surface area contributed by atoms with Gasteiger partial charge in [0.05, 0.1) is 16.8 Å². The zero-order chi connectivity index (χ0) is 21.3. The van der Waals surface area contributed by atoms with Crippen molar-refractivity contribution in [1.29, 1.82) is 5.41 Å². The van der Waals surface area contributed by atoms with Crippen LogP contribution in [0.25, 0.3) is 22.6 Å². The lowest BCUT2D eigenvalue weighted by molar-refractivity contribution is 0.113. The Bertz CT molecular complexity index is 1170. The van der Waals surface area contributed by atoms with E-state index in [-0.39, 0.29) is 23.0 Å². The zero-order valence-corrected chi connectivity index (χ0v) is 17.6. The van der Waals surface area contributed by atoms with Gasteiger partial charge in [-0.3, -0.25) is 0 Å². The van der Waals surface area contributed by atoms with Crippen LogP contribution in [0.3, 0.4) is 0 Å². The first-order valence-corrected chi connectivity index (χ1v) is 11.3. The predicted octanol–water partition coefficient (Wildman–Crippen LogP) is 3.54. The molecule has 1 aliphatic heterocycles. The third-order valence-electron chi connectivity index (χ3n) is 5.20. The summed E-state index contributed by atoms with van der Waals surface area (Å²) in [6.07, 6.45) is 3.39. The lowest BCUT2D eigenvalue weighted by atomic mass is 10.1.